The monoisotopic (exact) mass is 299 g/mol. The molecule has 0 saturated carbocycles. The molecule has 0 radical (unpaired) electrons. The zero-order valence-electron chi connectivity index (χ0n) is 8.55. The Morgan fingerprint density at radius 2 is 2.19 bits per heavy atom. The molecule has 0 spiro atoms. The molecule has 0 aliphatic carbocycles. The first-order valence-corrected chi connectivity index (χ1v) is 6.25. The van der Waals surface area contributed by atoms with E-state index in [0.717, 1.165) is 15.0 Å². The Labute approximate surface area is 106 Å². The number of thiophene rings is 1. The highest BCUT2D eigenvalue weighted by atomic mass is 79.9. The van der Waals surface area contributed by atoms with Gasteiger partial charge in [-0.15, -0.1) is 21.5 Å². The van der Waals surface area contributed by atoms with E-state index < -0.39 is 0 Å². The van der Waals surface area contributed by atoms with Crippen molar-refractivity contribution in [3.63, 3.8) is 0 Å². The molecular formula is C10H10BrN3OS. The smallest absolute Gasteiger partial charge is 0.233 e. The van der Waals surface area contributed by atoms with Crippen molar-refractivity contribution in [3.8, 4) is 5.88 Å². The van der Waals surface area contributed by atoms with Gasteiger partial charge in [-0.2, -0.15) is 0 Å². The van der Waals surface area contributed by atoms with Crippen LogP contribution in [0.5, 0.6) is 5.88 Å². The molecule has 0 aliphatic rings. The van der Waals surface area contributed by atoms with Crippen LogP contribution in [0.3, 0.4) is 0 Å². The molecule has 1 unspecified atom stereocenters. The second kappa shape index (κ2) is 4.90. The lowest BCUT2D eigenvalue weighted by molar-refractivity contribution is 0.390. The lowest BCUT2D eigenvalue weighted by atomic mass is 10.2. The number of rotatable bonds is 3. The van der Waals surface area contributed by atoms with Crippen LogP contribution in [-0.2, 0) is 0 Å². The number of nitrogens with two attached hydrogens (primary N) is 1. The summed E-state index contributed by atoms with van der Waals surface area (Å²) >= 11 is 5.04. The minimum Gasteiger partial charge on any atom is -0.480 e. The van der Waals surface area contributed by atoms with Crippen LogP contribution in [0.25, 0.3) is 0 Å². The molecule has 2 rings (SSSR count). The van der Waals surface area contributed by atoms with E-state index in [-0.39, 0.29) is 6.04 Å². The minimum atomic E-state index is -0.257. The zero-order valence-corrected chi connectivity index (χ0v) is 11.0. The third-order valence-electron chi connectivity index (χ3n) is 2.12. The van der Waals surface area contributed by atoms with Gasteiger partial charge in [-0.1, -0.05) is 0 Å². The second-order valence-electron chi connectivity index (χ2n) is 3.11. The molecule has 0 aliphatic heterocycles. The van der Waals surface area contributed by atoms with Crippen LogP contribution in [0.15, 0.2) is 28.1 Å². The summed E-state index contributed by atoms with van der Waals surface area (Å²) in [4.78, 5) is 1.04. The first-order chi connectivity index (χ1) is 7.72. The van der Waals surface area contributed by atoms with Gasteiger partial charge in [-0.25, -0.2) is 0 Å². The maximum absolute atomic E-state index is 6.09. The van der Waals surface area contributed by atoms with E-state index in [1.54, 1.807) is 24.5 Å². The van der Waals surface area contributed by atoms with E-state index in [9.17, 15) is 0 Å². The van der Waals surface area contributed by atoms with Crippen LogP contribution in [0.4, 0.5) is 0 Å². The summed E-state index contributed by atoms with van der Waals surface area (Å²) in [6.45, 7) is 0. The van der Waals surface area contributed by atoms with Gasteiger partial charge < -0.3 is 10.5 Å². The van der Waals surface area contributed by atoms with Crippen molar-refractivity contribution in [3.05, 3.63) is 38.6 Å². The molecule has 0 aromatic carbocycles. The molecule has 0 fully saturated rings. The second-order valence-corrected chi connectivity index (χ2v) is 4.91. The summed E-state index contributed by atoms with van der Waals surface area (Å²) in [5.41, 5.74) is 6.82. The molecule has 0 amide bonds. The molecular weight excluding hydrogens is 290 g/mol. The predicted molar refractivity (Wildman–Crippen MR) is 66.6 cm³/mol. The average molecular weight is 300 g/mol. The molecule has 6 heteroatoms. The van der Waals surface area contributed by atoms with Gasteiger partial charge in [0.25, 0.3) is 0 Å². The molecule has 2 aromatic rings. The average Bonchev–Trinajstić information content (AvgIpc) is 2.75. The standard InChI is InChI=1S/C10H10BrN3OS/c1-15-8-3-2-7(13-14-8)9(12)10-6(11)4-5-16-10/h2-5,9H,12H2,1H3. The Bertz CT molecular complexity index is 471. The van der Waals surface area contributed by atoms with E-state index in [1.165, 1.54) is 0 Å². The van der Waals surface area contributed by atoms with Gasteiger partial charge in [0.2, 0.25) is 5.88 Å². The Balaban J connectivity index is 2.27. The Morgan fingerprint density at radius 1 is 1.38 bits per heavy atom. The Kier molecular flexibility index (Phi) is 3.52. The zero-order chi connectivity index (χ0) is 11.5. The highest BCUT2D eigenvalue weighted by molar-refractivity contribution is 9.10. The van der Waals surface area contributed by atoms with Gasteiger partial charge in [0, 0.05) is 15.4 Å². The highest BCUT2D eigenvalue weighted by Crippen LogP contribution is 2.30. The SMILES string of the molecule is COc1ccc(C(N)c2sccc2Br)nn1. The topological polar surface area (TPSA) is 61.0 Å². The fraction of sp³-hybridized carbons (Fsp3) is 0.200. The Morgan fingerprint density at radius 3 is 2.69 bits per heavy atom. The van der Waals surface area contributed by atoms with Crippen LogP contribution in [-0.4, -0.2) is 17.3 Å². The quantitative estimate of drug-likeness (QED) is 0.945. The third-order valence-corrected chi connectivity index (χ3v) is 4.07. The number of ether oxygens (including phenoxy) is 1. The molecule has 2 aromatic heterocycles. The summed E-state index contributed by atoms with van der Waals surface area (Å²) in [6.07, 6.45) is 0. The molecule has 1 atom stereocenters. The van der Waals surface area contributed by atoms with Gasteiger partial charge in [-0.3, -0.25) is 0 Å². The van der Waals surface area contributed by atoms with Crippen LogP contribution >= 0.6 is 27.3 Å². The van der Waals surface area contributed by atoms with E-state index in [2.05, 4.69) is 26.1 Å². The van der Waals surface area contributed by atoms with Crippen molar-refractivity contribution in [1.82, 2.24) is 10.2 Å². The van der Waals surface area contributed by atoms with Gasteiger partial charge in [0.1, 0.15) is 0 Å². The number of halogens is 1. The molecule has 0 bridgehead atoms. The van der Waals surface area contributed by atoms with Gasteiger partial charge in [0.15, 0.2) is 0 Å². The Hall–Kier alpha value is -0.980. The number of nitrogens with zero attached hydrogens (tertiary/aromatic N) is 2. The van der Waals surface area contributed by atoms with Crippen LogP contribution in [0.1, 0.15) is 16.6 Å². The van der Waals surface area contributed by atoms with E-state index >= 15 is 0 Å². The fourth-order valence-electron chi connectivity index (χ4n) is 1.27. The van der Waals surface area contributed by atoms with E-state index in [1.807, 2.05) is 17.5 Å². The van der Waals surface area contributed by atoms with Gasteiger partial charge in [0.05, 0.1) is 18.8 Å². The molecule has 2 heterocycles. The summed E-state index contributed by atoms with van der Waals surface area (Å²) in [7, 11) is 1.56. The largest absolute Gasteiger partial charge is 0.480 e. The number of methoxy groups -OCH3 is 1. The summed E-state index contributed by atoms with van der Waals surface area (Å²) in [5, 5.41) is 9.91. The first kappa shape index (κ1) is 11.5. The summed E-state index contributed by atoms with van der Waals surface area (Å²) in [6, 6.07) is 5.29. The van der Waals surface area contributed by atoms with Crippen molar-refractivity contribution in [2.24, 2.45) is 5.73 Å². The number of aromatic nitrogens is 2. The maximum Gasteiger partial charge on any atom is 0.233 e. The number of hydrogen-bond acceptors (Lipinski definition) is 5. The predicted octanol–water partition coefficient (Wildman–Crippen LogP) is 2.36. The van der Waals surface area contributed by atoms with E-state index in [4.69, 9.17) is 10.5 Å². The lowest BCUT2D eigenvalue weighted by Crippen LogP contribution is -2.13. The summed E-state index contributed by atoms with van der Waals surface area (Å²) < 4.78 is 5.94. The molecule has 0 saturated heterocycles. The molecule has 2 N–H and O–H groups in total. The molecule has 4 nitrogen and oxygen atoms in total. The van der Waals surface area contributed by atoms with Crippen LogP contribution < -0.4 is 10.5 Å². The lowest BCUT2D eigenvalue weighted by Gasteiger charge is -2.09. The van der Waals surface area contributed by atoms with Crippen molar-refractivity contribution in [2.45, 2.75) is 6.04 Å². The van der Waals surface area contributed by atoms with Crippen molar-refractivity contribution < 1.29 is 4.74 Å². The fourth-order valence-corrected chi connectivity index (χ4v) is 2.90. The molecule has 84 valence electrons. The third kappa shape index (κ3) is 2.23. The molecule has 16 heavy (non-hydrogen) atoms. The maximum atomic E-state index is 6.09. The van der Waals surface area contributed by atoms with Gasteiger partial charge in [-0.05, 0) is 33.4 Å². The van der Waals surface area contributed by atoms with E-state index in [0.29, 0.717) is 5.88 Å². The van der Waals surface area contributed by atoms with Gasteiger partial charge >= 0.3 is 0 Å². The van der Waals surface area contributed by atoms with Crippen molar-refractivity contribution >= 4 is 27.3 Å². The van der Waals surface area contributed by atoms with Crippen molar-refractivity contribution in [1.29, 1.82) is 0 Å². The first-order valence-electron chi connectivity index (χ1n) is 4.58. The minimum absolute atomic E-state index is 0.257. The van der Waals surface area contributed by atoms with Crippen LogP contribution in [0.2, 0.25) is 0 Å². The van der Waals surface area contributed by atoms with Crippen molar-refractivity contribution in [2.75, 3.05) is 7.11 Å². The number of hydrogen-bond donors (Lipinski definition) is 1. The highest BCUT2D eigenvalue weighted by Gasteiger charge is 2.15. The normalized spacial score (nSPS) is 12.4. The van der Waals surface area contributed by atoms with Crippen LogP contribution in [0, 0.1) is 0 Å². The summed E-state index contributed by atoms with van der Waals surface area (Å²) in [5.74, 6) is 0.487.